The molecule has 42 heavy (non-hydrogen) atoms. The highest BCUT2D eigenvalue weighted by atomic mass is 19.4. The van der Waals surface area contributed by atoms with Gasteiger partial charge in [-0.05, 0) is 80.1 Å². The van der Waals surface area contributed by atoms with E-state index in [1.807, 2.05) is 0 Å². The maximum Gasteiger partial charge on any atom is 0.416 e. The smallest absolute Gasteiger partial charge is 0.416 e. The number of urea groups is 1. The highest BCUT2D eigenvalue weighted by Gasteiger charge is 2.54. The molecule has 2 saturated heterocycles. The van der Waals surface area contributed by atoms with Crippen molar-refractivity contribution < 1.29 is 50.2 Å². The molecule has 3 atom stereocenters. The molecule has 2 aromatic carbocycles. The average Bonchev–Trinajstić information content (AvgIpc) is 3.21. The molecule has 0 bridgehead atoms. The molecule has 0 unspecified atom stereocenters. The first kappa shape index (κ1) is 31.1. The number of benzene rings is 2. The van der Waals surface area contributed by atoms with E-state index in [-0.39, 0.29) is 38.3 Å². The van der Waals surface area contributed by atoms with E-state index < -0.39 is 70.5 Å². The number of nitrogens with zero attached hydrogens (tertiary/aromatic N) is 3. The molecule has 2 aliphatic heterocycles. The largest absolute Gasteiger partial charge is 0.465 e. The monoisotopic (exact) mass is 603 g/mol. The van der Waals surface area contributed by atoms with E-state index >= 15 is 0 Å². The number of aryl methyl sites for hydroxylation is 1. The summed E-state index contributed by atoms with van der Waals surface area (Å²) in [7, 11) is 1.24. The second kappa shape index (κ2) is 10.8. The predicted molar refractivity (Wildman–Crippen MR) is 135 cm³/mol. The van der Waals surface area contributed by atoms with Crippen LogP contribution < -0.4 is 0 Å². The van der Waals surface area contributed by atoms with Gasteiger partial charge in [0.1, 0.15) is 5.82 Å². The van der Waals surface area contributed by atoms with E-state index in [4.69, 9.17) is 0 Å². The molecule has 14 heteroatoms. The van der Waals surface area contributed by atoms with Gasteiger partial charge in [-0.15, -0.1) is 0 Å². The number of amides is 4. The third-order valence-corrected chi connectivity index (χ3v) is 8.30. The van der Waals surface area contributed by atoms with Gasteiger partial charge in [0.25, 0.3) is 0 Å². The molecule has 2 heterocycles. The van der Waals surface area contributed by atoms with Gasteiger partial charge >= 0.3 is 24.5 Å². The van der Waals surface area contributed by atoms with Crippen LogP contribution in [0.15, 0.2) is 36.4 Å². The number of alkyl halides is 6. The van der Waals surface area contributed by atoms with Gasteiger partial charge in [0.05, 0.1) is 28.7 Å². The van der Waals surface area contributed by atoms with Crippen LogP contribution in [0.5, 0.6) is 0 Å². The van der Waals surface area contributed by atoms with Crippen molar-refractivity contribution in [3.05, 3.63) is 70.0 Å². The van der Waals surface area contributed by atoms with E-state index in [0.29, 0.717) is 23.3 Å². The van der Waals surface area contributed by atoms with E-state index in [9.17, 15) is 50.2 Å². The summed E-state index contributed by atoms with van der Waals surface area (Å²) in [5, 5.41) is 9.78. The minimum absolute atomic E-state index is 0.00651. The van der Waals surface area contributed by atoms with Crippen LogP contribution in [0.1, 0.15) is 72.5 Å². The third kappa shape index (κ3) is 5.75. The summed E-state index contributed by atoms with van der Waals surface area (Å²) < 4.78 is 94.7. The zero-order valence-corrected chi connectivity index (χ0v) is 22.8. The summed E-state index contributed by atoms with van der Waals surface area (Å²) in [6.07, 6.45) is -11.4. The fourth-order valence-electron chi connectivity index (χ4n) is 5.96. The Morgan fingerprint density at radius 3 is 2.14 bits per heavy atom. The number of likely N-dealkylation sites (tertiary alicyclic amines) is 2. The topological polar surface area (TPSA) is 81.2 Å². The van der Waals surface area contributed by atoms with Crippen LogP contribution >= 0.6 is 0 Å². The molecule has 0 radical (unpaired) electrons. The van der Waals surface area contributed by atoms with Crippen molar-refractivity contribution in [2.75, 3.05) is 13.6 Å². The van der Waals surface area contributed by atoms with Gasteiger partial charge in [-0.3, -0.25) is 4.79 Å². The number of carbonyl (C=O) groups is 3. The highest BCUT2D eigenvalue weighted by Crippen LogP contribution is 2.47. The number of piperidine rings is 1. The van der Waals surface area contributed by atoms with Gasteiger partial charge < -0.3 is 14.9 Å². The number of carboxylic acid groups (broad SMARTS) is 1. The van der Waals surface area contributed by atoms with Crippen molar-refractivity contribution in [2.24, 2.45) is 0 Å². The Hall–Kier alpha value is -3.84. The third-order valence-electron chi connectivity index (χ3n) is 8.30. The lowest BCUT2D eigenvalue weighted by molar-refractivity contribution is -0.143. The molecule has 2 aliphatic rings. The number of imide groups is 1. The summed E-state index contributed by atoms with van der Waals surface area (Å²) in [5.74, 6) is -1.15. The zero-order valence-electron chi connectivity index (χ0n) is 22.8. The Bertz CT molecular complexity index is 1380. The fourth-order valence-corrected chi connectivity index (χ4v) is 5.96. The lowest BCUT2D eigenvalue weighted by atomic mass is 9.78. The maximum absolute atomic E-state index is 14.0. The van der Waals surface area contributed by atoms with Gasteiger partial charge in [-0.2, -0.15) is 26.3 Å². The second-order valence-electron chi connectivity index (χ2n) is 10.8. The van der Waals surface area contributed by atoms with Crippen molar-refractivity contribution >= 4 is 18.0 Å². The first-order valence-corrected chi connectivity index (χ1v) is 13.0. The molecule has 0 saturated carbocycles. The van der Waals surface area contributed by atoms with Gasteiger partial charge in [0, 0.05) is 20.0 Å². The van der Waals surface area contributed by atoms with Crippen LogP contribution in [0.25, 0.3) is 0 Å². The Labute approximate surface area is 236 Å². The van der Waals surface area contributed by atoms with E-state index in [1.165, 1.54) is 31.0 Å². The number of halogens is 7. The first-order valence-electron chi connectivity index (χ1n) is 13.0. The number of rotatable bonds is 3. The lowest BCUT2D eigenvalue weighted by Crippen LogP contribution is -2.58. The average molecular weight is 604 g/mol. The molecule has 0 aliphatic carbocycles. The summed E-state index contributed by atoms with van der Waals surface area (Å²) in [4.78, 5) is 41.4. The van der Waals surface area contributed by atoms with Crippen LogP contribution in [-0.2, 0) is 17.1 Å². The van der Waals surface area contributed by atoms with Crippen molar-refractivity contribution in [1.82, 2.24) is 14.7 Å². The molecule has 4 rings (SSSR count). The number of carbonyl (C=O) groups excluding carboxylic acids is 2. The van der Waals surface area contributed by atoms with Crippen LogP contribution in [0.3, 0.4) is 0 Å². The molecule has 1 N–H and O–H groups in total. The summed E-state index contributed by atoms with van der Waals surface area (Å²) >= 11 is 0. The Kier molecular flexibility index (Phi) is 7.98. The molecular formula is C28H28F7N3O4. The maximum atomic E-state index is 14.0. The van der Waals surface area contributed by atoms with Crippen LogP contribution in [-0.4, -0.2) is 57.0 Å². The molecule has 228 valence electrons. The zero-order chi connectivity index (χ0) is 31.4. The summed E-state index contributed by atoms with van der Waals surface area (Å²) in [6.45, 7) is 2.80. The van der Waals surface area contributed by atoms with Crippen molar-refractivity contribution in [3.8, 4) is 0 Å². The standard InChI is InChI=1S/C28H28F7N3O4/c1-15-10-20(29)4-5-21(15)22-14-26(7-6-23(39)38(26)25(41)42)8-9-37(22)24(40)36(3)16(2)17-11-18(27(30,31)32)13-19(12-17)28(33,34)35/h4-5,10-13,16,22H,6-9,14H2,1-3H3,(H,41,42)/t16-,22-,26+/m1/s1. The fraction of sp³-hybridized carbons (Fsp3) is 0.464. The molecular weight excluding hydrogens is 575 g/mol. The van der Waals surface area contributed by atoms with Crippen LogP contribution in [0.4, 0.5) is 40.3 Å². The molecule has 1 spiro atoms. The number of hydrogen-bond acceptors (Lipinski definition) is 3. The van der Waals surface area contributed by atoms with Gasteiger partial charge in [-0.25, -0.2) is 18.9 Å². The van der Waals surface area contributed by atoms with Gasteiger partial charge in [0.15, 0.2) is 0 Å². The highest BCUT2D eigenvalue weighted by molar-refractivity contribution is 5.94. The van der Waals surface area contributed by atoms with Crippen LogP contribution in [0.2, 0.25) is 0 Å². The van der Waals surface area contributed by atoms with Crippen molar-refractivity contribution in [1.29, 1.82) is 0 Å². The van der Waals surface area contributed by atoms with Crippen molar-refractivity contribution in [3.63, 3.8) is 0 Å². The Balaban J connectivity index is 1.72. The first-order chi connectivity index (χ1) is 19.4. The van der Waals surface area contributed by atoms with Crippen LogP contribution in [0, 0.1) is 12.7 Å². The quantitative estimate of drug-likeness (QED) is 0.378. The molecule has 0 aromatic heterocycles. The molecule has 7 nitrogen and oxygen atoms in total. The normalized spacial score (nSPS) is 22.0. The lowest BCUT2D eigenvalue weighted by Gasteiger charge is -2.49. The molecule has 2 fully saturated rings. The SMILES string of the molecule is Cc1cc(F)ccc1[C@H]1C[C@]2(CCC(=O)N2C(=O)O)CCN1C(=O)N(C)[C@H](C)c1cc(C(F)(F)F)cc(C(F)(F)F)c1. The van der Waals surface area contributed by atoms with E-state index in [0.717, 1.165) is 15.9 Å². The second-order valence-corrected chi connectivity index (χ2v) is 10.8. The predicted octanol–water partition coefficient (Wildman–Crippen LogP) is 7.16. The minimum atomic E-state index is -5.07. The minimum Gasteiger partial charge on any atom is -0.465 e. The molecule has 4 amide bonds. The van der Waals surface area contributed by atoms with E-state index in [1.54, 1.807) is 6.92 Å². The Morgan fingerprint density at radius 2 is 1.62 bits per heavy atom. The van der Waals surface area contributed by atoms with Gasteiger partial charge in [0.2, 0.25) is 5.91 Å². The number of hydrogen-bond donors (Lipinski definition) is 1. The van der Waals surface area contributed by atoms with Gasteiger partial charge in [-0.1, -0.05) is 6.07 Å². The van der Waals surface area contributed by atoms with E-state index in [2.05, 4.69) is 0 Å². The summed E-state index contributed by atoms with van der Waals surface area (Å²) in [6, 6.07) is 2.09. The summed E-state index contributed by atoms with van der Waals surface area (Å²) in [5.41, 5.74) is -3.66. The van der Waals surface area contributed by atoms with Crippen molar-refractivity contribution in [2.45, 2.75) is 69.5 Å². The Morgan fingerprint density at radius 1 is 1.02 bits per heavy atom. The molecule has 2 aromatic rings.